The Bertz CT molecular complexity index is 74.2. The predicted octanol–water partition coefficient (Wildman–Crippen LogP) is 1.71. The molecule has 0 aliphatic heterocycles. The first-order valence-corrected chi connectivity index (χ1v) is 4.28. The van der Waals surface area contributed by atoms with Crippen LogP contribution in [0.1, 0.15) is 6.42 Å². The second-order valence-electron chi connectivity index (χ2n) is 1.36. The van der Waals surface area contributed by atoms with Crippen LogP contribution in [0.5, 0.6) is 0 Å². The Morgan fingerprint density at radius 3 is 2.43 bits per heavy atom. The van der Waals surface area contributed by atoms with Crippen LogP contribution in [0.3, 0.4) is 0 Å². The standard InChI is InChI=1S/C6H9.Sn/c1-4-6(3)5-2;/h4H,1-3,5H2;. The molecule has 3 radical (unpaired) electrons. The van der Waals surface area contributed by atoms with Crippen molar-refractivity contribution in [3.05, 3.63) is 24.8 Å². The summed E-state index contributed by atoms with van der Waals surface area (Å²) in [6, 6.07) is 0. The monoisotopic (exact) mass is 201 g/mol. The molecule has 0 aliphatic carbocycles. The van der Waals surface area contributed by atoms with Gasteiger partial charge in [0.25, 0.3) is 0 Å². The van der Waals surface area contributed by atoms with Gasteiger partial charge in [0.2, 0.25) is 0 Å². The van der Waals surface area contributed by atoms with Crippen molar-refractivity contribution in [1.29, 1.82) is 0 Å². The van der Waals surface area contributed by atoms with Gasteiger partial charge in [0.05, 0.1) is 0 Å². The molecular weight excluding hydrogens is 191 g/mol. The van der Waals surface area contributed by atoms with Crippen LogP contribution < -0.4 is 0 Å². The van der Waals surface area contributed by atoms with Gasteiger partial charge in [-0.25, -0.2) is 0 Å². The zero-order chi connectivity index (χ0) is 5.70. The van der Waals surface area contributed by atoms with Crippen LogP contribution in [-0.2, 0) is 0 Å². The van der Waals surface area contributed by atoms with Crippen molar-refractivity contribution in [3.63, 3.8) is 0 Å². The van der Waals surface area contributed by atoms with Crippen LogP contribution in [0.2, 0.25) is 4.44 Å². The van der Waals surface area contributed by atoms with Crippen molar-refractivity contribution >= 4 is 22.5 Å². The summed E-state index contributed by atoms with van der Waals surface area (Å²) in [4.78, 5) is 0. The first-order valence-electron chi connectivity index (χ1n) is 2.26. The van der Waals surface area contributed by atoms with E-state index >= 15 is 0 Å². The molecule has 0 N–H and O–H groups in total. The van der Waals surface area contributed by atoms with Gasteiger partial charge in [0.15, 0.2) is 0 Å². The molecule has 37 valence electrons. The molecule has 0 aromatic heterocycles. The Morgan fingerprint density at radius 1 is 1.71 bits per heavy atom. The van der Waals surface area contributed by atoms with E-state index in [2.05, 4.69) is 13.2 Å². The van der Waals surface area contributed by atoms with Crippen LogP contribution in [0, 0.1) is 0 Å². The van der Waals surface area contributed by atoms with Gasteiger partial charge in [-0.1, -0.05) is 0 Å². The number of rotatable bonds is 3. The van der Waals surface area contributed by atoms with E-state index in [0.29, 0.717) is 0 Å². The van der Waals surface area contributed by atoms with Crippen molar-refractivity contribution in [2.75, 3.05) is 0 Å². The molecule has 0 atom stereocenters. The van der Waals surface area contributed by atoms with E-state index < -0.39 is 0 Å². The molecule has 7 heavy (non-hydrogen) atoms. The van der Waals surface area contributed by atoms with Crippen molar-refractivity contribution in [1.82, 2.24) is 0 Å². The van der Waals surface area contributed by atoms with Crippen LogP contribution in [0.25, 0.3) is 0 Å². The summed E-state index contributed by atoms with van der Waals surface area (Å²) in [7, 11) is 0. The molecule has 1 heteroatoms. The molecule has 0 aromatic rings. The third kappa shape index (κ3) is 4.13. The fourth-order valence-electron chi connectivity index (χ4n) is 0.263. The number of allylic oxidation sites excluding steroid dienone is 2. The van der Waals surface area contributed by atoms with E-state index in [4.69, 9.17) is 0 Å². The molecule has 0 amide bonds. The van der Waals surface area contributed by atoms with E-state index in [1.54, 1.807) is 22.5 Å². The average Bonchev–Trinajstić information content (AvgIpc) is 1.68. The fraction of sp³-hybridized carbons (Fsp3) is 0.333. The second-order valence-corrected chi connectivity index (χ2v) is 2.79. The zero-order valence-electron chi connectivity index (χ0n) is 4.41. The van der Waals surface area contributed by atoms with E-state index in [9.17, 15) is 0 Å². The molecule has 0 saturated heterocycles. The Kier molecular flexibility index (Phi) is 4.61. The van der Waals surface area contributed by atoms with Crippen molar-refractivity contribution in [3.8, 4) is 0 Å². The quantitative estimate of drug-likeness (QED) is 0.480. The SMILES string of the molecule is C=CC(=C)C[CH2][Sn]. The first kappa shape index (κ1) is 7.28. The fourth-order valence-corrected chi connectivity index (χ4v) is 1.18. The minimum atomic E-state index is 1.13. The molecule has 0 saturated carbocycles. The van der Waals surface area contributed by atoms with E-state index in [-0.39, 0.29) is 0 Å². The van der Waals surface area contributed by atoms with Gasteiger partial charge in [-0.15, -0.1) is 0 Å². The van der Waals surface area contributed by atoms with E-state index in [1.807, 2.05) is 6.08 Å². The predicted molar refractivity (Wildman–Crippen MR) is 34.5 cm³/mol. The van der Waals surface area contributed by atoms with Crippen LogP contribution >= 0.6 is 0 Å². The molecule has 0 aliphatic rings. The van der Waals surface area contributed by atoms with Gasteiger partial charge >= 0.3 is 58.2 Å². The summed E-state index contributed by atoms with van der Waals surface area (Å²) in [6.07, 6.45) is 2.95. The molecule has 0 heterocycles. The number of hydrogen-bond acceptors (Lipinski definition) is 0. The van der Waals surface area contributed by atoms with Gasteiger partial charge in [0.1, 0.15) is 0 Å². The van der Waals surface area contributed by atoms with E-state index in [1.165, 1.54) is 4.44 Å². The minimum absolute atomic E-state index is 1.13. The van der Waals surface area contributed by atoms with E-state index in [0.717, 1.165) is 12.0 Å². The average molecular weight is 200 g/mol. The Balaban J connectivity index is 3.17. The van der Waals surface area contributed by atoms with Crippen LogP contribution in [0.4, 0.5) is 0 Å². The van der Waals surface area contributed by atoms with Crippen LogP contribution in [0.15, 0.2) is 24.8 Å². The maximum absolute atomic E-state index is 3.76. The molecule has 0 fully saturated rings. The summed E-state index contributed by atoms with van der Waals surface area (Å²) < 4.78 is 1.26. The summed E-state index contributed by atoms with van der Waals surface area (Å²) in [5.41, 5.74) is 1.16. The molecule has 0 unspecified atom stereocenters. The topological polar surface area (TPSA) is 0 Å². The number of hydrogen-bond donors (Lipinski definition) is 0. The Labute approximate surface area is 58.4 Å². The molecule has 0 bridgehead atoms. The second kappa shape index (κ2) is 4.44. The summed E-state index contributed by atoms with van der Waals surface area (Å²) in [6.45, 7) is 7.35. The van der Waals surface area contributed by atoms with Crippen molar-refractivity contribution < 1.29 is 0 Å². The van der Waals surface area contributed by atoms with Gasteiger partial charge in [-0.2, -0.15) is 0 Å². The zero-order valence-corrected chi connectivity index (χ0v) is 7.26. The van der Waals surface area contributed by atoms with Gasteiger partial charge in [-0.05, 0) is 0 Å². The Morgan fingerprint density at radius 2 is 2.29 bits per heavy atom. The van der Waals surface area contributed by atoms with Gasteiger partial charge < -0.3 is 0 Å². The molecule has 0 rings (SSSR count). The van der Waals surface area contributed by atoms with Crippen molar-refractivity contribution in [2.24, 2.45) is 0 Å². The summed E-state index contributed by atoms with van der Waals surface area (Å²) in [5.74, 6) is 0. The third-order valence-corrected chi connectivity index (χ3v) is 1.45. The van der Waals surface area contributed by atoms with Gasteiger partial charge in [-0.3, -0.25) is 0 Å². The first-order chi connectivity index (χ1) is 3.31. The molecule has 0 spiro atoms. The molecule has 0 nitrogen and oxygen atoms in total. The van der Waals surface area contributed by atoms with Gasteiger partial charge in [0, 0.05) is 0 Å². The Hall–Kier alpha value is 0.279. The van der Waals surface area contributed by atoms with Crippen LogP contribution in [-0.4, -0.2) is 22.5 Å². The normalized spacial score (nSPS) is 8.14. The molecular formula is C6H9Sn. The third-order valence-electron chi connectivity index (χ3n) is 0.735. The summed E-state index contributed by atoms with van der Waals surface area (Å²) in [5, 5.41) is 0. The van der Waals surface area contributed by atoms with Crippen molar-refractivity contribution in [2.45, 2.75) is 10.9 Å². The maximum atomic E-state index is 3.76. The summed E-state index contributed by atoms with van der Waals surface area (Å²) >= 11 is 1.58. The molecule has 0 aromatic carbocycles.